The number of hydrogen-bond acceptors (Lipinski definition) is 5. The number of carbonyl (C=O) groups excluding carboxylic acids is 3. The van der Waals surface area contributed by atoms with Crippen molar-refractivity contribution in [2.45, 2.75) is 25.8 Å². The van der Waals surface area contributed by atoms with Crippen LogP contribution < -0.4 is 5.56 Å². The van der Waals surface area contributed by atoms with Crippen molar-refractivity contribution in [3.8, 4) is 5.75 Å². The van der Waals surface area contributed by atoms with Gasteiger partial charge in [-0.05, 0) is 36.2 Å². The molecule has 0 aliphatic rings. The van der Waals surface area contributed by atoms with Crippen LogP contribution in [-0.2, 0) is 11.8 Å². The normalized spacial score (nSPS) is 11.0. The zero-order chi connectivity index (χ0) is 26.7. The van der Waals surface area contributed by atoms with Crippen LogP contribution in [0.15, 0.2) is 83.7 Å². The maximum absolute atomic E-state index is 13.7. The zero-order valence-electron chi connectivity index (χ0n) is 21.0. The van der Waals surface area contributed by atoms with Crippen molar-refractivity contribution in [1.82, 2.24) is 9.47 Å². The summed E-state index contributed by atoms with van der Waals surface area (Å²) in [5.74, 6) is -1.58. The molecule has 0 radical (unpaired) electrons. The maximum Gasteiger partial charge on any atom is 0.265 e. The van der Waals surface area contributed by atoms with Crippen LogP contribution in [0, 0.1) is 0 Å². The zero-order valence-corrected chi connectivity index (χ0v) is 21.0. The van der Waals surface area contributed by atoms with Crippen LogP contribution in [0.1, 0.15) is 57.7 Å². The molecule has 1 N–H and O–H groups in total. The number of hydrogen-bond donors (Lipinski definition) is 1. The molecule has 1 heterocycles. The van der Waals surface area contributed by atoms with E-state index in [2.05, 4.69) is 0 Å². The second kappa shape index (κ2) is 10.6. The second-order valence-corrected chi connectivity index (χ2v) is 9.08. The SMILES string of the molecule is CC(=O)CCC(=O)c1c(O)c2cc(C(=O)N(C)C(c3ccccc3)c3ccccc3)ccc2n(C)c1=O. The number of ketones is 2. The number of fused-ring (bicyclic) bond motifs is 1. The van der Waals surface area contributed by atoms with Gasteiger partial charge in [0.1, 0.15) is 17.1 Å². The molecule has 3 aromatic carbocycles. The van der Waals surface area contributed by atoms with Crippen LogP contribution in [0.2, 0.25) is 0 Å². The van der Waals surface area contributed by atoms with Gasteiger partial charge in [-0.3, -0.25) is 14.4 Å². The van der Waals surface area contributed by atoms with Gasteiger partial charge in [-0.1, -0.05) is 60.7 Å². The Balaban J connectivity index is 1.78. The van der Waals surface area contributed by atoms with Crippen molar-refractivity contribution in [2.75, 3.05) is 7.05 Å². The molecule has 0 fully saturated rings. The minimum Gasteiger partial charge on any atom is -0.506 e. The number of aryl methyl sites for hydroxylation is 1. The molecule has 7 heteroatoms. The van der Waals surface area contributed by atoms with Crippen LogP contribution in [0.5, 0.6) is 5.75 Å². The van der Waals surface area contributed by atoms with E-state index < -0.39 is 17.1 Å². The molecule has 0 bridgehead atoms. The number of Topliss-reactive ketones (excluding diaryl/α,β-unsaturated/α-hetero) is 2. The number of rotatable bonds is 8. The largest absolute Gasteiger partial charge is 0.506 e. The highest BCUT2D eigenvalue weighted by atomic mass is 16.3. The number of aromatic nitrogens is 1. The maximum atomic E-state index is 13.7. The van der Waals surface area contributed by atoms with Gasteiger partial charge in [0.2, 0.25) is 0 Å². The summed E-state index contributed by atoms with van der Waals surface area (Å²) in [6.07, 6.45) is -0.204. The van der Waals surface area contributed by atoms with Crippen LogP contribution >= 0.6 is 0 Å². The first-order valence-corrected chi connectivity index (χ1v) is 12.0. The predicted octanol–water partition coefficient (Wildman–Crippen LogP) is 4.66. The van der Waals surface area contributed by atoms with E-state index in [-0.39, 0.29) is 41.5 Å². The molecule has 0 spiro atoms. The Morgan fingerprint density at radius 3 is 2.00 bits per heavy atom. The van der Waals surface area contributed by atoms with Gasteiger partial charge in [0.15, 0.2) is 5.78 Å². The summed E-state index contributed by atoms with van der Waals surface area (Å²) < 4.78 is 1.27. The lowest BCUT2D eigenvalue weighted by atomic mass is 9.96. The van der Waals surface area contributed by atoms with Gasteiger partial charge in [0.05, 0.1) is 11.6 Å². The van der Waals surface area contributed by atoms with Crippen molar-refractivity contribution in [2.24, 2.45) is 7.05 Å². The highest BCUT2D eigenvalue weighted by Crippen LogP contribution is 2.31. The molecule has 1 amide bonds. The van der Waals surface area contributed by atoms with Crippen molar-refractivity contribution in [3.05, 3.63) is 111 Å². The average molecular weight is 497 g/mol. The lowest BCUT2D eigenvalue weighted by Crippen LogP contribution is -2.32. The first-order valence-electron chi connectivity index (χ1n) is 12.0. The van der Waals surface area contributed by atoms with E-state index in [9.17, 15) is 24.3 Å². The molecule has 188 valence electrons. The van der Waals surface area contributed by atoms with Crippen molar-refractivity contribution in [1.29, 1.82) is 0 Å². The second-order valence-electron chi connectivity index (χ2n) is 9.08. The van der Waals surface area contributed by atoms with Crippen LogP contribution in [0.3, 0.4) is 0 Å². The number of nitrogens with zero attached hydrogens (tertiary/aromatic N) is 2. The van der Waals surface area contributed by atoms with E-state index in [1.807, 2.05) is 60.7 Å². The number of amides is 1. The van der Waals surface area contributed by atoms with Gasteiger partial charge < -0.3 is 19.4 Å². The third-order valence-electron chi connectivity index (χ3n) is 6.54. The van der Waals surface area contributed by atoms with Crippen molar-refractivity contribution < 1.29 is 19.5 Å². The Morgan fingerprint density at radius 1 is 0.892 bits per heavy atom. The summed E-state index contributed by atoms with van der Waals surface area (Å²) in [5.41, 5.74) is 1.53. The topological polar surface area (TPSA) is 96.7 Å². The van der Waals surface area contributed by atoms with E-state index >= 15 is 0 Å². The lowest BCUT2D eigenvalue weighted by molar-refractivity contribution is -0.117. The first kappa shape index (κ1) is 25.6. The summed E-state index contributed by atoms with van der Waals surface area (Å²) in [7, 11) is 3.22. The number of pyridine rings is 1. The predicted molar refractivity (Wildman–Crippen MR) is 142 cm³/mol. The molecule has 0 saturated heterocycles. The van der Waals surface area contributed by atoms with Gasteiger partial charge in [0.25, 0.3) is 11.5 Å². The van der Waals surface area contributed by atoms with Gasteiger partial charge in [-0.2, -0.15) is 0 Å². The highest BCUT2D eigenvalue weighted by molar-refractivity contribution is 6.06. The average Bonchev–Trinajstić information content (AvgIpc) is 2.91. The summed E-state index contributed by atoms with van der Waals surface area (Å²) in [6, 6.07) is 23.7. The smallest absolute Gasteiger partial charge is 0.265 e. The fourth-order valence-electron chi connectivity index (χ4n) is 4.56. The van der Waals surface area contributed by atoms with Crippen molar-refractivity contribution in [3.63, 3.8) is 0 Å². The molecular weight excluding hydrogens is 468 g/mol. The van der Waals surface area contributed by atoms with Gasteiger partial charge in [0, 0.05) is 37.9 Å². The Hall–Kier alpha value is -4.52. The number of carbonyl (C=O) groups is 3. The summed E-state index contributed by atoms with van der Waals surface area (Å²) >= 11 is 0. The Morgan fingerprint density at radius 2 is 1.46 bits per heavy atom. The van der Waals surface area contributed by atoms with Gasteiger partial charge in [-0.25, -0.2) is 0 Å². The summed E-state index contributed by atoms with van der Waals surface area (Å²) in [4.78, 5) is 52.2. The summed E-state index contributed by atoms with van der Waals surface area (Å²) in [5, 5.41) is 11.2. The van der Waals surface area contributed by atoms with E-state index in [1.54, 1.807) is 24.1 Å². The molecule has 0 atom stereocenters. The molecule has 0 unspecified atom stereocenters. The minimum atomic E-state index is -0.650. The molecule has 7 nitrogen and oxygen atoms in total. The van der Waals surface area contributed by atoms with Gasteiger partial charge >= 0.3 is 0 Å². The monoisotopic (exact) mass is 496 g/mol. The van der Waals surface area contributed by atoms with E-state index in [1.165, 1.54) is 24.6 Å². The molecule has 4 aromatic rings. The fraction of sp³-hybridized carbons (Fsp3) is 0.200. The fourth-order valence-corrected chi connectivity index (χ4v) is 4.56. The Labute approximate surface area is 214 Å². The minimum absolute atomic E-state index is 0.0247. The van der Waals surface area contributed by atoms with E-state index in [4.69, 9.17) is 0 Å². The first-order chi connectivity index (χ1) is 17.7. The molecule has 1 aromatic heterocycles. The van der Waals surface area contributed by atoms with Gasteiger partial charge in [-0.15, -0.1) is 0 Å². The summed E-state index contributed by atoms with van der Waals surface area (Å²) in [6.45, 7) is 1.36. The third-order valence-corrected chi connectivity index (χ3v) is 6.54. The molecular formula is C30H28N2O5. The third kappa shape index (κ3) is 5.07. The molecule has 0 saturated carbocycles. The standard InChI is InChI=1S/C30H28N2O5/c1-19(33)14-17-25(34)26-28(35)23-18-22(15-16-24(23)31(2)30(26)37)29(36)32(3)27(20-10-6-4-7-11-20)21-12-8-5-9-13-21/h4-13,15-16,18,27,35H,14,17H2,1-3H3. The quantitative estimate of drug-likeness (QED) is 0.358. The van der Waals surface area contributed by atoms with Crippen molar-refractivity contribution >= 4 is 28.4 Å². The Kier molecular flexibility index (Phi) is 7.34. The lowest BCUT2D eigenvalue weighted by Gasteiger charge is -2.29. The highest BCUT2D eigenvalue weighted by Gasteiger charge is 2.26. The Bertz CT molecular complexity index is 1500. The van der Waals surface area contributed by atoms with Crippen LogP contribution in [-0.4, -0.2) is 39.1 Å². The molecule has 37 heavy (non-hydrogen) atoms. The molecule has 0 aliphatic heterocycles. The van der Waals surface area contributed by atoms with Crippen LogP contribution in [0.25, 0.3) is 10.9 Å². The van der Waals surface area contributed by atoms with E-state index in [0.29, 0.717) is 11.1 Å². The van der Waals surface area contributed by atoms with E-state index in [0.717, 1.165) is 11.1 Å². The molecule has 4 rings (SSSR count). The number of aromatic hydroxyl groups is 1. The number of benzene rings is 3. The molecule has 0 aliphatic carbocycles. The van der Waals surface area contributed by atoms with Crippen LogP contribution in [0.4, 0.5) is 0 Å².